The van der Waals surface area contributed by atoms with Crippen LogP contribution in [0.2, 0.25) is 0 Å². The maximum atomic E-state index is 3.08. The topological polar surface area (TPSA) is 12.0 Å². The number of rotatable bonds is 0. The molecule has 1 aliphatic heterocycles. The van der Waals surface area contributed by atoms with Gasteiger partial charge in [0.2, 0.25) is 0 Å². The van der Waals surface area contributed by atoms with Gasteiger partial charge in [0.05, 0.1) is 0 Å². The van der Waals surface area contributed by atoms with E-state index in [1.165, 1.54) is 9.81 Å². The van der Waals surface area contributed by atoms with Gasteiger partial charge in [0.15, 0.2) is 0 Å². The fraction of sp³-hybridized carbons (Fsp3) is 0.500. The zero-order valence-corrected chi connectivity index (χ0v) is 5.95. The highest BCUT2D eigenvalue weighted by Crippen LogP contribution is 2.32. The first kappa shape index (κ1) is 5.54. The van der Waals surface area contributed by atoms with Gasteiger partial charge in [-0.15, -0.1) is 0 Å². The summed E-state index contributed by atoms with van der Waals surface area (Å²) in [6.07, 6.45) is 0. The molecular formula is C4H7NS2. The summed E-state index contributed by atoms with van der Waals surface area (Å²) < 4.78 is 3.08. The zero-order valence-electron chi connectivity index (χ0n) is 4.32. The van der Waals surface area contributed by atoms with Crippen molar-refractivity contribution < 1.29 is 0 Å². The van der Waals surface area contributed by atoms with Gasteiger partial charge in [-0.1, -0.05) is 0 Å². The molecule has 1 N–H and O–H groups in total. The Balaban J connectivity index is 2.64. The van der Waals surface area contributed by atoms with Crippen molar-refractivity contribution in [1.29, 1.82) is 0 Å². The van der Waals surface area contributed by atoms with E-state index in [4.69, 9.17) is 0 Å². The third-order valence-corrected chi connectivity index (χ3v) is 2.91. The Morgan fingerprint density at radius 1 is 1.14 bits per heavy atom. The summed E-state index contributed by atoms with van der Waals surface area (Å²) in [6, 6.07) is 0. The maximum absolute atomic E-state index is 3.08. The van der Waals surface area contributed by atoms with Crippen LogP contribution in [-0.4, -0.2) is 0 Å². The summed E-state index contributed by atoms with van der Waals surface area (Å²) in [5, 5.41) is 0. The molecule has 0 aromatic heterocycles. The van der Waals surface area contributed by atoms with Gasteiger partial charge in [0.1, 0.15) is 0 Å². The number of nitrogens with one attached hydrogen (secondary N) is 1. The molecule has 0 spiro atoms. The second kappa shape index (κ2) is 2.11. The predicted octanol–water partition coefficient (Wildman–Crippen LogP) is 2.14. The van der Waals surface area contributed by atoms with Crippen LogP contribution in [0.1, 0.15) is 13.8 Å². The van der Waals surface area contributed by atoms with E-state index < -0.39 is 0 Å². The minimum absolute atomic E-state index is 1.39. The quantitative estimate of drug-likeness (QED) is 0.508. The van der Waals surface area contributed by atoms with E-state index in [9.17, 15) is 0 Å². The Morgan fingerprint density at radius 3 is 1.71 bits per heavy atom. The van der Waals surface area contributed by atoms with Crippen LogP contribution in [0.25, 0.3) is 0 Å². The van der Waals surface area contributed by atoms with Crippen LogP contribution in [0.15, 0.2) is 9.81 Å². The van der Waals surface area contributed by atoms with Crippen LogP contribution in [0.4, 0.5) is 0 Å². The Kier molecular flexibility index (Phi) is 1.67. The van der Waals surface area contributed by atoms with E-state index in [-0.39, 0.29) is 0 Å². The Morgan fingerprint density at radius 2 is 1.57 bits per heavy atom. The molecule has 0 saturated carbocycles. The second-order valence-electron chi connectivity index (χ2n) is 1.40. The molecule has 3 heteroatoms. The highest BCUT2D eigenvalue weighted by Gasteiger charge is 2.04. The molecule has 0 aliphatic carbocycles. The van der Waals surface area contributed by atoms with Crippen LogP contribution >= 0.6 is 23.9 Å². The summed E-state index contributed by atoms with van der Waals surface area (Å²) in [5.74, 6) is 0. The lowest BCUT2D eigenvalue weighted by atomic mass is 10.6. The van der Waals surface area contributed by atoms with Crippen molar-refractivity contribution in [2.45, 2.75) is 13.8 Å². The molecule has 0 aromatic rings. The first-order chi connectivity index (χ1) is 3.30. The average molecular weight is 133 g/mol. The van der Waals surface area contributed by atoms with Crippen LogP contribution in [0.3, 0.4) is 0 Å². The molecule has 40 valence electrons. The van der Waals surface area contributed by atoms with Gasteiger partial charge in [-0.3, -0.25) is 0 Å². The summed E-state index contributed by atoms with van der Waals surface area (Å²) in [5.41, 5.74) is 0. The molecule has 0 bridgehead atoms. The lowest BCUT2D eigenvalue weighted by molar-refractivity contribution is 1.57. The summed E-state index contributed by atoms with van der Waals surface area (Å²) in [7, 11) is 0. The van der Waals surface area contributed by atoms with E-state index in [1.807, 2.05) is 0 Å². The minimum atomic E-state index is 1.39. The lowest BCUT2D eigenvalue weighted by Gasteiger charge is -1.82. The molecule has 0 atom stereocenters. The third-order valence-electron chi connectivity index (χ3n) is 0.885. The standard InChI is InChI=1S/C4H7NS2/c1-3-4(2)7-5-6-3/h5H,1-2H3. The average Bonchev–Trinajstić information content (AvgIpc) is 1.91. The van der Waals surface area contributed by atoms with E-state index in [0.717, 1.165) is 0 Å². The smallest absolute Gasteiger partial charge is 0.00860 e. The largest absolute Gasteiger partial charge is 0.200 e. The van der Waals surface area contributed by atoms with Crippen molar-refractivity contribution >= 4 is 23.9 Å². The molecule has 1 nitrogen and oxygen atoms in total. The normalized spacial score (nSPS) is 21.4. The molecular weight excluding hydrogens is 126 g/mol. The molecule has 7 heavy (non-hydrogen) atoms. The van der Waals surface area contributed by atoms with Crippen molar-refractivity contribution in [3.63, 3.8) is 0 Å². The van der Waals surface area contributed by atoms with Gasteiger partial charge < -0.3 is 0 Å². The van der Waals surface area contributed by atoms with Crippen LogP contribution in [0.5, 0.6) is 0 Å². The monoisotopic (exact) mass is 133 g/mol. The van der Waals surface area contributed by atoms with Crippen molar-refractivity contribution in [2.24, 2.45) is 0 Å². The number of allylic oxidation sites excluding steroid dienone is 2. The predicted molar refractivity (Wildman–Crippen MR) is 36.7 cm³/mol. The van der Waals surface area contributed by atoms with Crippen molar-refractivity contribution in [3.05, 3.63) is 9.81 Å². The molecule has 0 amide bonds. The zero-order chi connectivity index (χ0) is 5.28. The van der Waals surface area contributed by atoms with Crippen LogP contribution < -0.4 is 4.13 Å². The van der Waals surface area contributed by atoms with E-state index in [1.54, 1.807) is 23.9 Å². The first-order valence-electron chi connectivity index (χ1n) is 2.07. The Bertz CT molecular complexity index is 96.3. The fourth-order valence-corrected chi connectivity index (χ4v) is 1.99. The molecule has 0 unspecified atom stereocenters. The molecule has 0 saturated heterocycles. The van der Waals surface area contributed by atoms with Gasteiger partial charge in [0.25, 0.3) is 0 Å². The third kappa shape index (κ3) is 1.15. The summed E-state index contributed by atoms with van der Waals surface area (Å²) in [6.45, 7) is 4.24. The molecule has 0 aromatic carbocycles. The van der Waals surface area contributed by atoms with Gasteiger partial charge in [0, 0.05) is 9.81 Å². The van der Waals surface area contributed by atoms with E-state index >= 15 is 0 Å². The highest BCUT2D eigenvalue weighted by molar-refractivity contribution is 8.19. The van der Waals surface area contributed by atoms with Gasteiger partial charge in [-0.25, -0.2) is 0 Å². The van der Waals surface area contributed by atoms with Crippen molar-refractivity contribution in [3.8, 4) is 0 Å². The van der Waals surface area contributed by atoms with Crippen molar-refractivity contribution in [2.75, 3.05) is 0 Å². The fourth-order valence-electron chi connectivity index (χ4n) is 0.290. The number of hydrogen-bond donors (Lipinski definition) is 1. The molecule has 1 heterocycles. The van der Waals surface area contributed by atoms with E-state index in [0.29, 0.717) is 0 Å². The number of hydrogen-bond acceptors (Lipinski definition) is 3. The van der Waals surface area contributed by atoms with Crippen LogP contribution in [-0.2, 0) is 0 Å². The van der Waals surface area contributed by atoms with Gasteiger partial charge in [-0.2, -0.15) is 4.13 Å². The van der Waals surface area contributed by atoms with Gasteiger partial charge in [-0.05, 0) is 37.7 Å². The summed E-state index contributed by atoms with van der Waals surface area (Å²) in [4.78, 5) is 2.79. The summed E-state index contributed by atoms with van der Waals surface area (Å²) >= 11 is 3.40. The van der Waals surface area contributed by atoms with Crippen LogP contribution in [0, 0.1) is 0 Å². The molecule has 1 rings (SSSR count). The SMILES string of the molecule is CC1=C(C)SNS1. The highest BCUT2D eigenvalue weighted by atomic mass is 32.2. The Hall–Kier alpha value is 0.400. The second-order valence-corrected chi connectivity index (χ2v) is 3.70. The molecule has 0 fully saturated rings. The molecule has 0 radical (unpaired) electrons. The van der Waals surface area contributed by atoms with Crippen molar-refractivity contribution in [1.82, 2.24) is 4.13 Å². The molecule has 1 aliphatic rings. The lowest BCUT2D eigenvalue weighted by Crippen LogP contribution is -1.75. The van der Waals surface area contributed by atoms with Gasteiger partial charge >= 0.3 is 0 Å². The van der Waals surface area contributed by atoms with E-state index in [2.05, 4.69) is 18.0 Å². The Labute approximate surface area is 52.2 Å². The maximum Gasteiger partial charge on any atom is 0.00860 e. The minimum Gasteiger partial charge on any atom is -0.200 e. The first-order valence-corrected chi connectivity index (χ1v) is 3.70.